The van der Waals surface area contributed by atoms with Crippen LogP contribution in [-0.2, 0) is 23.4 Å². The molecule has 1 fully saturated rings. The average molecular weight is 588 g/mol. The molecule has 3 heterocycles. The number of anilines is 1. The Morgan fingerprint density at radius 1 is 1.34 bits per heavy atom. The summed E-state index contributed by atoms with van der Waals surface area (Å²) in [5.41, 5.74) is 5.50. The Kier molecular flexibility index (Phi) is 9.14. The van der Waals surface area contributed by atoms with Crippen LogP contribution in [0.15, 0.2) is 36.7 Å². The molecular formula is C26H34N7O7P. The van der Waals surface area contributed by atoms with Crippen molar-refractivity contribution in [1.29, 1.82) is 5.26 Å². The third kappa shape index (κ3) is 6.77. The van der Waals surface area contributed by atoms with Crippen molar-refractivity contribution < 1.29 is 32.6 Å². The summed E-state index contributed by atoms with van der Waals surface area (Å²) in [6.45, 7) is 6.71. The number of nitrogen functional groups attached to an aromatic ring is 1. The topological polar surface area (TPSA) is 186 Å². The summed E-state index contributed by atoms with van der Waals surface area (Å²) >= 11 is 0. The van der Waals surface area contributed by atoms with E-state index >= 15 is 0 Å². The van der Waals surface area contributed by atoms with Gasteiger partial charge in [-0.15, -0.1) is 0 Å². The van der Waals surface area contributed by atoms with Crippen molar-refractivity contribution in [3.8, 4) is 17.7 Å². The molecule has 5 atom stereocenters. The second kappa shape index (κ2) is 12.4. The molecule has 14 nitrogen and oxygen atoms in total. The van der Waals surface area contributed by atoms with E-state index < -0.39 is 37.5 Å². The first kappa shape index (κ1) is 30.2. The molecule has 3 N–H and O–H groups in total. The van der Waals surface area contributed by atoms with Gasteiger partial charge in [-0.3, -0.25) is 13.9 Å². The number of ether oxygens (including phenoxy) is 3. The standard InChI is InChI=1S/C26H34N7O7P/c1-6-19(23(34)38-16(2)3)32-41(35,40-17-10-8-7-9-11-17)37-13-18-12-26(4,14-27)24(39-18)33-15-29-20-21(33)30-25(28)31-22(20)36-5/h7-11,15-16,18-19,24H,6,12-13H2,1-5H3,(H,32,35)(H2,28,30,31). The zero-order chi connectivity index (χ0) is 29.8. The Hall–Kier alpha value is -3.76. The molecular weight excluding hydrogens is 553 g/mol. The number of nitrogens with zero attached hydrogens (tertiary/aromatic N) is 5. The van der Waals surface area contributed by atoms with Gasteiger partial charge in [-0.2, -0.15) is 20.3 Å². The fourth-order valence-electron chi connectivity index (χ4n) is 4.45. The minimum absolute atomic E-state index is 0.0285. The number of hydrogen-bond donors (Lipinski definition) is 2. The molecule has 15 heteroatoms. The van der Waals surface area contributed by atoms with Gasteiger partial charge in [0.1, 0.15) is 17.2 Å². The summed E-state index contributed by atoms with van der Waals surface area (Å²) in [5, 5.41) is 12.8. The number of imidazole rings is 1. The molecule has 5 unspecified atom stereocenters. The Morgan fingerprint density at radius 2 is 2.07 bits per heavy atom. The summed E-state index contributed by atoms with van der Waals surface area (Å²) in [4.78, 5) is 25.3. The maximum Gasteiger partial charge on any atom is 0.459 e. The van der Waals surface area contributed by atoms with Gasteiger partial charge in [0.05, 0.1) is 38.3 Å². The number of methoxy groups -OCH3 is 1. The van der Waals surface area contributed by atoms with E-state index in [0.29, 0.717) is 11.2 Å². The number of esters is 1. The number of nitriles is 1. The molecule has 3 aromatic rings. The smallest absolute Gasteiger partial charge is 0.459 e. The van der Waals surface area contributed by atoms with Crippen molar-refractivity contribution in [3.63, 3.8) is 0 Å². The summed E-state index contributed by atoms with van der Waals surface area (Å²) in [5.74, 6) is -0.145. The highest BCUT2D eigenvalue weighted by atomic mass is 31.2. The quantitative estimate of drug-likeness (QED) is 0.231. The van der Waals surface area contributed by atoms with Gasteiger partial charge in [-0.25, -0.2) is 9.55 Å². The number of fused-ring (bicyclic) bond motifs is 1. The highest BCUT2D eigenvalue weighted by Gasteiger charge is 2.48. The van der Waals surface area contributed by atoms with Gasteiger partial charge in [0.2, 0.25) is 11.8 Å². The molecule has 0 amide bonds. The van der Waals surface area contributed by atoms with Gasteiger partial charge in [-0.05, 0) is 45.7 Å². The van der Waals surface area contributed by atoms with Crippen LogP contribution in [0.25, 0.3) is 11.2 Å². The zero-order valence-electron chi connectivity index (χ0n) is 23.5. The molecule has 0 spiro atoms. The van der Waals surface area contributed by atoms with Gasteiger partial charge in [0, 0.05) is 0 Å². The van der Waals surface area contributed by atoms with Crippen molar-refractivity contribution in [2.45, 2.75) is 65.0 Å². The Morgan fingerprint density at radius 3 is 2.71 bits per heavy atom. The van der Waals surface area contributed by atoms with E-state index in [1.807, 2.05) is 0 Å². The fourth-order valence-corrected chi connectivity index (χ4v) is 6.07. The summed E-state index contributed by atoms with van der Waals surface area (Å²) in [7, 11) is -2.70. The minimum atomic E-state index is -4.14. The number of nitrogens with one attached hydrogen (secondary N) is 1. The maximum atomic E-state index is 14.0. The number of rotatable bonds is 12. The lowest BCUT2D eigenvalue weighted by Gasteiger charge is -2.25. The van der Waals surface area contributed by atoms with Crippen LogP contribution in [0.4, 0.5) is 5.95 Å². The summed E-state index contributed by atoms with van der Waals surface area (Å²) in [6.07, 6.45) is 0.0948. The number of para-hydroxylation sites is 1. The molecule has 220 valence electrons. The van der Waals surface area contributed by atoms with Gasteiger partial charge >= 0.3 is 13.7 Å². The predicted molar refractivity (Wildman–Crippen MR) is 148 cm³/mol. The predicted octanol–water partition coefficient (Wildman–Crippen LogP) is 3.76. The maximum absolute atomic E-state index is 14.0. The Bertz CT molecular complexity index is 1460. The first-order valence-electron chi connectivity index (χ1n) is 13.1. The number of benzene rings is 1. The molecule has 1 saturated heterocycles. The van der Waals surface area contributed by atoms with Gasteiger partial charge < -0.3 is 24.5 Å². The highest BCUT2D eigenvalue weighted by Crippen LogP contribution is 2.49. The first-order chi connectivity index (χ1) is 19.5. The monoisotopic (exact) mass is 587 g/mol. The van der Waals surface area contributed by atoms with Crippen LogP contribution in [0.5, 0.6) is 11.6 Å². The highest BCUT2D eigenvalue weighted by molar-refractivity contribution is 7.52. The van der Waals surface area contributed by atoms with Crippen LogP contribution >= 0.6 is 7.75 Å². The van der Waals surface area contributed by atoms with Crippen molar-refractivity contribution in [3.05, 3.63) is 36.7 Å². The lowest BCUT2D eigenvalue weighted by molar-refractivity contribution is -0.149. The number of carbonyl (C=O) groups excluding carboxylic acids is 1. The molecule has 1 aliphatic rings. The molecule has 41 heavy (non-hydrogen) atoms. The van der Waals surface area contributed by atoms with E-state index in [1.165, 1.54) is 13.4 Å². The zero-order valence-corrected chi connectivity index (χ0v) is 24.4. The van der Waals surface area contributed by atoms with Crippen LogP contribution in [0.3, 0.4) is 0 Å². The molecule has 0 saturated carbocycles. The van der Waals surface area contributed by atoms with Crippen LogP contribution < -0.4 is 20.1 Å². The second-order valence-corrected chi connectivity index (χ2v) is 11.7. The van der Waals surface area contributed by atoms with Crippen molar-refractivity contribution in [1.82, 2.24) is 24.6 Å². The number of nitrogens with two attached hydrogens (primary N) is 1. The van der Waals surface area contributed by atoms with Crippen LogP contribution in [-0.4, -0.2) is 57.5 Å². The Balaban J connectivity index is 1.57. The van der Waals surface area contributed by atoms with Gasteiger partial charge in [-0.1, -0.05) is 25.1 Å². The van der Waals surface area contributed by atoms with E-state index in [0.717, 1.165) is 0 Å². The van der Waals surface area contributed by atoms with E-state index in [9.17, 15) is 14.6 Å². The second-order valence-electron chi connectivity index (χ2n) is 10.0. The lowest BCUT2D eigenvalue weighted by Crippen LogP contribution is -2.38. The SMILES string of the molecule is CCC(NP(=O)(OCC1CC(C)(C#N)C(n2cnc3c(OC)nc(N)nc32)O1)Oc1ccccc1)C(=O)OC(C)C. The number of hydrogen-bond acceptors (Lipinski definition) is 12. The lowest BCUT2D eigenvalue weighted by atomic mass is 9.87. The van der Waals surface area contributed by atoms with Gasteiger partial charge in [0.15, 0.2) is 17.4 Å². The van der Waals surface area contributed by atoms with Crippen molar-refractivity contribution in [2.24, 2.45) is 5.41 Å². The summed E-state index contributed by atoms with van der Waals surface area (Å²) in [6, 6.07) is 9.81. The minimum Gasteiger partial charge on any atom is -0.479 e. The van der Waals surface area contributed by atoms with Crippen molar-refractivity contribution >= 4 is 30.8 Å². The van der Waals surface area contributed by atoms with E-state index in [4.69, 9.17) is 29.0 Å². The molecule has 1 aromatic carbocycles. The van der Waals surface area contributed by atoms with Crippen LogP contribution in [0.1, 0.15) is 46.8 Å². The van der Waals surface area contributed by atoms with Crippen LogP contribution in [0.2, 0.25) is 0 Å². The normalized spacial score (nSPS) is 22.7. The first-order valence-corrected chi connectivity index (χ1v) is 14.6. The average Bonchev–Trinajstić information content (AvgIpc) is 3.51. The molecule has 2 aromatic heterocycles. The van der Waals surface area contributed by atoms with Crippen molar-refractivity contribution in [2.75, 3.05) is 19.5 Å². The molecule has 0 bridgehead atoms. The number of carbonyl (C=O) groups is 1. The largest absolute Gasteiger partial charge is 0.479 e. The summed E-state index contributed by atoms with van der Waals surface area (Å²) < 4.78 is 44.0. The molecule has 1 aliphatic heterocycles. The fraction of sp³-hybridized carbons (Fsp3) is 0.500. The Labute approximate surface area is 237 Å². The molecule has 0 radical (unpaired) electrons. The van der Waals surface area contributed by atoms with Gasteiger partial charge in [0.25, 0.3) is 0 Å². The third-order valence-electron chi connectivity index (χ3n) is 6.38. The third-order valence-corrected chi connectivity index (χ3v) is 7.95. The molecule has 0 aliphatic carbocycles. The van der Waals surface area contributed by atoms with E-state index in [-0.39, 0.29) is 43.1 Å². The van der Waals surface area contributed by atoms with E-state index in [1.54, 1.807) is 62.6 Å². The molecule has 4 rings (SSSR count). The van der Waals surface area contributed by atoms with E-state index in [2.05, 4.69) is 26.1 Å². The number of aromatic nitrogens is 4. The van der Waals surface area contributed by atoms with Crippen LogP contribution in [0, 0.1) is 16.7 Å².